The first kappa shape index (κ1) is 44.9. The van der Waals surface area contributed by atoms with E-state index < -0.39 is 5.41 Å². The lowest BCUT2D eigenvalue weighted by molar-refractivity contribution is 0.769. The Balaban J connectivity index is 1.17. The molecule has 17 rings (SSSR count). The summed E-state index contributed by atoms with van der Waals surface area (Å²) in [4.78, 5) is 4.89. The van der Waals surface area contributed by atoms with Crippen LogP contribution in [0.25, 0.3) is 126 Å². The molecule has 0 radical (unpaired) electrons. The fourth-order valence-electron chi connectivity index (χ4n) is 14.5. The number of hydrogen-bond acceptors (Lipinski definition) is 1. The Kier molecular flexibility index (Phi) is 9.37. The first-order valence-electron chi connectivity index (χ1n) is 27.5. The van der Waals surface area contributed by atoms with Crippen molar-refractivity contribution >= 4 is 92.9 Å². The standard InChI is InChI=1S/C75H44N6/c1-77-69-71(81-67-43-23-15-34-55(67)56-44-45-60-68(70(56)81)57-35-8-16-36-59(57)75(60,47-24-4-2-5-25-47)48-26-6-3-7-27-48)58(46-76)72(78-61-37-17-9-28-49(61)50-29-10-18-38-62(50)78)74(80-65-41-21-13-32-53(65)54-33-14-22-42-66(54)80)73(69)79-63-39-19-11-30-51(63)52-31-12-20-40-64(52)79/h2-45H. The molecular weight excluding hydrogens is 985 g/mol. The molecule has 0 bridgehead atoms. The second kappa shape index (κ2) is 16.9. The summed E-state index contributed by atoms with van der Waals surface area (Å²) in [5.74, 6) is 0. The Morgan fingerprint density at radius 1 is 0.321 bits per heavy atom. The minimum Gasteiger partial charge on any atom is -0.317 e. The second-order valence-corrected chi connectivity index (χ2v) is 21.2. The average molecular weight is 1030 g/mol. The number of aromatic nitrogens is 4. The molecule has 16 aromatic rings. The zero-order valence-corrected chi connectivity index (χ0v) is 43.6. The fourth-order valence-corrected chi connectivity index (χ4v) is 14.5. The number of nitrogens with zero attached hydrogens (tertiary/aromatic N) is 6. The molecule has 0 fully saturated rings. The van der Waals surface area contributed by atoms with Crippen molar-refractivity contribution in [1.29, 1.82) is 5.26 Å². The summed E-state index contributed by atoms with van der Waals surface area (Å²) in [5.41, 5.74) is 16.9. The summed E-state index contributed by atoms with van der Waals surface area (Å²) >= 11 is 0. The number of benzene rings is 12. The number of nitriles is 1. The van der Waals surface area contributed by atoms with Gasteiger partial charge in [0.05, 0.1) is 84.4 Å². The summed E-state index contributed by atoms with van der Waals surface area (Å²) in [6.45, 7) is 10.0. The van der Waals surface area contributed by atoms with Crippen molar-refractivity contribution in [2.75, 3.05) is 0 Å². The SMILES string of the molecule is [C-]#[N+]c1c(-n2c3ccccc3c3ccccc32)c(-n2c3ccccc3c3ccccc32)c(-n2c3ccccc3c3ccccc32)c(C#N)c1-n1c2ccccc2c2ccc3c(c21)-c1ccccc1C3(c1ccccc1)c1ccccc1. The average Bonchev–Trinajstić information content (AvgIpc) is 3.83. The van der Waals surface area contributed by atoms with Gasteiger partial charge in [-0.1, -0.05) is 224 Å². The lowest BCUT2D eigenvalue weighted by Gasteiger charge is -2.33. The molecule has 0 amide bonds. The van der Waals surface area contributed by atoms with Gasteiger partial charge in [-0.2, -0.15) is 5.26 Å². The molecule has 4 heterocycles. The monoisotopic (exact) mass is 1030 g/mol. The normalized spacial score (nSPS) is 12.8. The first-order chi connectivity index (χ1) is 40.2. The molecule has 374 valence electrons. The molecule has 0 atom stereocenters. The quantitative estimate of drug-likeness (QED) is 0.153. The highest BCUT2D eigenvalue weighted by Gasteiger charge is 2.47. The van der Waals surface area contributed by atoms with Crippen LogP contribution in [0.3, 0.4) is 0 Å². The summed E-state index contributed by atoms with van der Waals surface area (Å²) in [6, 6.07) is 98.0. The van der Waals surface area contributed by atoms with Crippen molar-refractivity contribution in [3.63, 3.8) is 0 Å². The van der Waals surface area contributed by atoms with E-state index in [1.807, 2.05) is 0 Å². The Bertz CT molecular complexity index is 5090. The van der Waals surface area contributed by atoms with Gasteiger partial charge in [0.15, 0.2) is 0 Å². The van der Waals surface area contributed by atoms with E-state index >= 15 is 0 Å². The van der Waals surface area contributed by atoms with Crippen molar-refractivity contribution in [1.82, 2.24) is 18.3 Å². The summed E-state index contributed by atoms with van der Waals surface area (Å²) in [6.07, 6.45) is 0. The highest BCUT2D eigenvalue weighted by Crippen LogP contribution is 2.60. The van der Waals surface area contributed by atoms with Crippen LogP contribution in [-0.2, 0) is 5.41 Å². The second-order valence-electron chi connectivity index (χ2n) is 21.2. The van der Waals surface area contributed by atoms with Crippen LogP contribution >= 0.6 is 0 Å². The molecule has 4 aromatic heterocycles. The van der Waals surface area contributed by atoms with Crippen LogP contribution in [0, 0.1) is 17.9 Å². The van der Waals surface area contributed by atoms with E-state index in [4.69, 9.17) is 4.85 Å². The Labute approximate surface area is 465 Å². The maximum atomic E-state index is 12.9. The zero-order chi connectivity index (χ0) is 53.5. The third kappa shape index (κ3) is 5.82. The molecule has 0 saturated heterocycles. The fraction of sp³-hybridized carbons (Fsp3) is 0.0133. The highest BCUT2D eigenvalue weighted by atomic mass is 15.1. The van der Waals surface area contributed by atoms with Gasteiger partial charge in [0.25, 0.3) is 0 Å². The molecule has 12 aromatic carbocycles. The van der Waals surface area contributed by atoms with Crippen molar-refractivity contribution in [2.24, 2.45) is 0 Å². The Morgan fingerprint density at radius 2 is 0.679 bits per heavy atom. The van der Waals surface area contributed by atoms with Gasteiger partial charge in [-0.15, -0.1) is 0 Å². The molecule has 0 spiro atoms. The lowest BCUT2D eigenvalue weighted by atomic mass is 9.67. The van der Waals surface area contributed by atoms with E-state index in [1.165, 1.54) is 5.56 Å². The summed E-state index contributed by atoms with van der Waals surface area (Å²) < 4.78 is 9.29. The van der Waals surface area contributed by atoms with Crippen LogP contribution in [0.5, 0.6) is 0 Å². The van der Waals surface area contributed by atoms with Crippen molar-refractivity contribution in [3.8, 4) is 39.9 Å². The van der Waals surface area contributed by atoms with Crippen LogP contribution < -0.4 is 0 Å². The molecule has 6 nitrogen and oxygen atoms in total. The van der Waals surface area contributed by atoms with Crippen LogP contribution in [0.2, 0.25) is 0 Å². The van der Waals surface area contributed by atoms with Gasteiger partial charge < -0.3 is 18.3 Å². The predicted molar refractivity (Wildman–Crippen MR) is 332 cm³/mol. The van der Waals surface area contributed by atoms with Gasteiger partial charge in [0, 0.05) is 48.7 Å². The third-order valence-corrected chi connectivity index (χ3v) is 17.5. The summed E-state index contributed by atoms with van der Waals surface area (Å²) in [7, 11) is 0. The minimum absolute atomic E-state index is 0.350. The van der Waals surface area contributed by atoms with Gasteiger partial charge in [0.1, 0.15) is 6.07 Å². The molecule has 81 heavy (non-hydrogen) atoms. The van der Waals surface area contributed by atoms with Gasteiger partial charge in [0.2, 0.25) is 5.69 Å². The lowest BCUT2D eigenvalue weighted by Crippen LogP contribution is -2.28. The highest BCUT2D eigenvalue weighted by molar-refractivity contribution is 6.19. The zero-order valence-electron chi connectivity index (χ0n) is 43.6. The molecule has 0 aliphatic heterocycles. The van der Waals surface area contributed by atoms with E-state index in [-0.39, 0.29) is 0 Å². The van der Waals surface area contributed by atoms with E-state index in [2.05, 4.69) is 291 Å². The number of fused-ring (bicyclic) bond motifs is 16. The molecule has 0 saturated carbocycles. The van der Waals surface area contributed by atoms with Crippen molar-refractivity contribution in [2.45, 2.75) is 5.41 Å². The number of hydrogen-bond donors (Lipinski definition) is 0. The molecule has 1 aliphatic carbocycles. The predicted octanol–water partition coefficient (Wildman–Crippen LogP) is 18.9. The van der Waals surface area contributed by atoms with Gasteiger partial charge in [-0.25, -0.2) is 4.85 Å². The Hall–Kier alpha value is -11.2. The van der Waals surface area contributed by atoms with Gasteiger partial charge in [-0.3, -0.25) is 0 Å². The van der Waals surface area contributed by atoms with Crippen LogP contribution in [0.15, 0.2) is 267 Å². The van der Waals surface area contributed by atoms with Crippen molar-refractivity contribution in [3.05, 3.63) is 306 Å². The number of rotatable bonds is 6. The topological polar surface area (TPSA) is 47.9 Å². The largest absolute Gasteiger partial charge is 0.317 e. The van der Waals surface area contributed by atoms with Crippen LogP contribution in [-0.4, -0.2) is 18.3 Å². The van der Waals surface area contributed by atoms with Crippen LogP contribution in [0.1, 0.15) is 27.8 Å². The van der Waals surface area contributed by atoms with Crippen LogP contribution in [0.4, 0.5) is 5.69 Å². The van der Waals surface area contributed by atoms with E-state index in [1.54, 1.807) is 0 Å². The molecule has 1 aliphatic rings. The smallest absolute Gasteiger partial charge is 0.237 e. The molecule has 0 N–H and O–H groups in total. The molecular formula is C75H44N6. The van der Waals surface area contributed by atoms with E-state index in [0.717, 1.165) is 121 Å². The number of para-hydroxylation sites is 7. The maximum absolute atomic E-state index is 12.9. The minimum atomic E-state index is -0.715. The Morgan fingerprint density at radius 3 is 1.11 bits per heavy atom. The van der Waals surface area contributed by atoms with Crippen molar-refractivity contribution < 1.29 is 0 Å². The first-order valence-corrected chi connectivity index (χ1v) is 27.5. The maximum Gasteiger partial charge on any atom is 0.237 e. The van der Waals surface area contributed by atoms with Gasteiger partial charge >= 0.3 is 0 Å². The summed E-state index contributed by atoms with van der Waals surface area (Å²) in [5, 5.41) is 21.3. The molecule has 6 heteroatoms. The molecule has 0 unspecified atom stereocenters. The van der Waals surface area contributed by atoms with E-state index in [9.17, 15) is 11.8 Å². The third-order valence-electron chi connectivity index (χ3n) is 17.5. The van der Waals surface area contributed by atoms with Gasteiger partial charge in [-0.05, 0) is 70.3 Å². The van der Waals surface area contributed by atoms with E-state index in [0.29, 0.717) is 28.3 Å².